The molecule has 1 aromatic carbocycles. The molecule has 0 unspecified atom stereocenters. The molecule has 0 aliphatic heterocycles. The zero-order valence-electron chi connectivity index (χ0n) is 14.9. The molecule has 0 spiro atoms. The van der Waals surface area contributed by atoms with Crippen LogP contribution in [0.25, 0.3) is 0 Å². The van der Waals surface area contributed by atoms with Gasteiger partial charge in [-0.2, -0.15) is 13.2 Å². The minimum Gasteiger partial charge on any atom is -0.496 e. The van der Waals surface area contributed by atoms with Crippen LogP contribution in [0.5, 0.6) is 17.2 Å². The summed E-state index contributed by atoms with van der Waals surface area (Å²) in [6.07, 6.45) is -2.39. The highest BCUT2D eigenvalue weighted by molar-refractivity contribution is 5.50. The molecule has 4 nitrogen and oxygen atoms in total. The van der Waals surface area contributed by atoms with Gasteiger partial charge in [0.05, 0.1) is 32.8 Å². The van der Waals surface area contributed by atoms with Crippen molar-refractivity contribution in [1.29, 1.82) is 0 Å². The molecule has 142 valence electrons. The van der Waals surface area contributed by atoms with Crippen molar-refractivity contribution in [2.24, 2.45) is 11.8 Å². The van der Waals surface area contributed by atoms with Gasteiger partial charge in [-0.15, -0.1) is 0 Å². The first-order valence-electron chi connectivity index (χ1n) is 8.45. The van der Waals surface area contributed by atoms with Crippen LogP contribution in [0, 0.1) is 11.8 Å². The maximum atomic E-state index is 12.7. The number of ether oxygens (including phenoxy) is 3. The van der Waals surface area contributed by atoms with Crippen LogP contribution in [-0.2, 0) is 6.54 Å². The smallest absolute Gasteiger partial charge is 0.391 e. The summed E-state index contributed by atoms with van der Waals surface area (Å²) in [7, 11) is 4.73. The van der Waals surface area contributed by atoms with Crippen LogP contribution in [0.4, 0.5) is 13.2 Å². The first kappa shape index (κ1) is 19.7. The summed E-state index contributed by atoms with van der Waals surface area (Å²) in [6.45, 7) is 1.21. The average molecular weight is 361 g/mol. The zero-order valence-corrected chi connectivity index (χ0v) is 14.9. The molecule has 25 heavy (non-hydrogen) atoms. The van der Waals surface area contributed by atoms with Gasteiger partial charge in [-0.05, 0) is 38.1 Å². The van der Waals surface area contributed by atoms with Gasteiger partial charge in [0.25, 0.3) is 0 Å². The summed E-state index contributed by atoms with van der Waals surface area (Å²) >= 11 is 0. The van der Waals surface area contributed by atoms with E-state index in [0.717, 1.165) is 5.56 Å². The largest absolute Gasteiger partial charge is 0.496 e. The molecule has 0 bridgehead atoms. The zero-order chi connectivity index (χ0) is 18.4. The molecule has 1 N–H and O–H groups in total. The van der Waals surface area contributed by atoms with Gasteiger partial charge in [-0.3, -0.25) is 0 Å². The van der Waals surface area contributed by atoms with E-state index in [1.54, 1.807) is 33.5 Å². The fraction of sp³-hybridized carbons (Fsp3) is 0.667. The van der Waals surface area contributed by atoms with Crippen LogP contribution in [0.1, 0.15) is 31.2 Å². The monoisotopic (exact) mass is 361 g/mol. The molecule has 0 atom stereocenters. The van der Waals surface area contributed by atoms with Crippen molar-refractivity contribution in [2.45, 2.75) is 38.4 Å². The summed E-state index contributed by atoms with van der Waals surface area (Å²) in [5, 5.41) is 3.33. The number of nitrogens with one attached hydrogen (secondary N) is 1. The van der Waals surface area contributed by atoms with E-state index in [0.29, 0.717) is 43.2 Å². The lowest BCUT2D eigenvalue weighted by Crippen LogP contribution is -2.31. The molecule has 0 amide bonds. The van der Waals surface area contributed by atoms with Gasteiger partial charge in [0.1, 0.15) is 17.2 Å². The molecule has 1 fully saturated rings. The third-order valence-electron chi connectivity index (χ3n) is 4.86. The topological polar surface area (TPSA) is 39.7 Å². The quantitative estimate of drug-likeness (QED) is 0.791. The second kappa shape index (κ2) is 8.65. The number of rotatable bonds is 7. The molecular weight excluding hydrogens is 335 g/mol. The Bertz CT molecular complexity index is 530. The molecule has 2 rings (SSSR count). The van der Waals surface area contributed by atoms with Gasteiger partial charge in [-0.25, -0.2) is 0 Å². The highest BCUT2D eigenvalue weighted by atomic mass is 19.4. The average Bonchev–Trinajstić information content (AvgIpc) is 2.61. The Morgan fingerprint density at radius 3 is 1.96 bits per heavy atom. The van der Waals surface area contributed by atoms with Crippen molar-refractivity contribution in [3.63, 3.8) is 0 Å². The second-order valence-electron chi connectivity index (χ2n) is 6.40. The lowest BCUT2D eigenvalue weighted by atomic mass is 9.81. The highest BCUT2D eigenvalue weighted by Gasteiger charge is 2.41. The van der Waals surface area contributed by atoms with Crippen LogP contribution in [-0.4, -0.2) is 34.1 Å². The summed E-state index contributed by atoms with van der Waals surface area (Å²) < 4.78 is 54.2. The van der Waals surface area contributed by atoms with E-state index in [4.69, 9.17) is 14.2 Å². The van der Waals surface area contributed by atoms with Crippen molar-refractivity contribution < 1.29 is 27.4 Å². The van der Waals surface area contributed by atoms with Gasteiger partial charge >= 0.3 is 6.18 Å². The van der Waals surface area contributed by atoms with Crippen molar-refractivity contribution >= 4 is 0 Å². The normalized spacial score (nSPS) is 21.0. The van der Waals surface area contributed by atoms with Crippen LogP contribution in [0.3, 0.4) is 0 Å². The van der Waals surface area contributed by atoms with Crippen molar-refractivity contribution in [3.8, 4) is 17.2 Å². The summed E-state index contributed by atoms with van der Waals surface area (Å²) in [5.41, 5.74) is 0.870. The molecular formula is C18H26F3NO3. The molecule has 0 aromatic heterocycles. The van der Waals surface area contributed by atoms with Gasteiger partial charge in [0.15, 0.2) is 0 Å². The Kier molecular flexibility index (Phi) is 6.81. The minimum atomic E-state index is -4.05. The second-order valence-corrected chi connectivity index (χ2v) is 6.40. The molecule has 1 aliphatic rings. The molecule has 1 saturated carbocycles. The Hall–Kier alpha value is -1.63. The highest BCUT2D eigenvalue weighted by Crippen LogP contribution is 2.39. The minimum absolute atomic E-state index is 0.227. The first-order chi connectivity index (χ1) is 11.9. The predicted molar refractivity (Wildman–Crippen MR) is 89.3 cm³/mol. The standard InChI is InChI=1S/C18H26F3NO3/c1-23-14-8-16(24-2)15(17(9-14)25-3)11-22-10-12-4-6-13(7-5-12)18(19,20)21/h8-9,12-13,22H,4-7,10-11H2,1-3H3. The Morgan fingerprint density at radius 1 is 0.960 bits per heavy atom. The molecule has 1 aliphatic carbocycles. The summed E-state index contributed by atoms with van der Waals surface area (Å²) in [6, 6.07) is 3.57. The Morgan fingerprint density at radius 2 is 1.52 bits per heavy atom. The van der Waals surface area contributed by atoms with Gasteiger partial charge in [-0.1, -0.05) is 0 Å². The van der Waals surface area contributed by atoms with Gasteiger partial charge in [0.2, 0.25) is 0 Å². The van der Waals surface area contributed by atoms with E-state index >= 15 is 0 Å². The van der Waals surface area contributed by atoms with E-state index in [1.165, 1.54) is 0 Å². The van der Waals surface area contributed by atoms with Crippen LogP contribution < -0.4 is 19.5 Å². The Balaban J connectivity index is 1.90. The van der Waals surface area contributed by atoms with E-state index in [9.17, 15) is 13.2 Å². The number of alkyl halides is 3. The number of methoxy groups -OCH3 is 3. The number of hydrogen-bond acceptors (Lipinski definition) is 4. The fourth-order valence-electron chi connectivity index (χ4n) is 3.35. The third-order valence-corrected chi connectivity index (χ3v) is 4.86. The third kappa shape index (κ3) is 5.17. The fourth-order valence-corrected chi connectivity index (χ4v) is 3.35. The van der Waals surface area contributed by atoms with Crippen molar-refractivity contribution in [2.75, 3.05) is 27.9 Å². The van der Waals surface area contributed by atoms with Crippen LogP contribution >= 0.6 is 0 Å². The molecule has 0 radical (unpaired) electrons. The molecule has 0 heterocycles. The first-order valence-corrected chi connectivity index (χ1v) is 8.45. The SMILES string of the molecule is COc1cc(OC)c(CNCC2CCC(C(F)(F)F)CC2)c(OC)c1. The van der Waals surface area contributed by atoms with Crippen LogP contribution in [0.15, 0.2) is 12.1 Å². The number of hydrogen-bond donors (Lipinski definition) is 1. The number of benzene rings is 1. The summed E-state index contributed by atoms with van der Waals surface area (Å²) in [5.74, 6) is 1.09. The van der Waals surface area contributed by atoms with Crippen LogP contribution in [0.2, 0.25) is 0 Å². The van der Waals surface area contributed by atoms with Gasteiger partial charge < -0.3 is 19.5 Å². The van der Waals surface area contributed by atoms with Crippen molar-refractivity contribution in [1.82, 2.24) is 5.32 Å². The van der Waals surface area contributed by atoms with Gasteiger partial charge in [0, 0.05) is 18.7 Å². The Labute approximate surface area is 146 Å². The van der Waals surface area contributed by atoms with E-state index in [1.807, 2.05) is 0 Å². The summed E-state index contributed by atoms with van der Waals surface area (Å²) in [4.78, 5) is 0. The lowest BCUT2D eigenvalue weighted by Gasteiger charge is -2.30. The van der Waals surface area contributed by atoms with E-state index < -0.39 is 12.1 Å². The molecule has 1 aromatic rings. The lowest BCUT2D eigenvalue weighted by molar-refractivity contribution is -0.183. The van der Waals surface area contributed by atoms with E-state index in [-0.39, 0.29) is 18.8 Å². The maximum absolute atomic E-state index is 12.7. The predicted octanol–water partition coefficient (Wildman–Crippen LogP) is 4.17. The molecule has 0 saturated heterocycles. The maximum Gasteiger partial charge on any atom is 0.391 e. The van der Waals surface area contributed by atoms with Crippen molar-refractivity contribution in [3.05, 3.63) is 17.7 Å². The number of halogens is 3. The molecule has 7 heteroatoms. The van der Waals surface area contributed by atoms with E-state index in [2.05, 4.69) is 5.32 Å².